The average Bonchev–Trinajstić information content (AvgIpc) is 2.46. The van der Waals surface area contributed by atoms with Crippen LogP contribution in [0, 0.1) is 18.3 Å². The third-order valence-electron chi connectivity index (χ3n) is 3.46. The van der Waals surface area contributed by atoms with Crippen LogP contribution in [0.3, 0.4) is 0 Å². The van der Waals surface area contributed by atoms with Gasteiger partial charge in [-0.1, -0.05) is 23.7 Å². The minimum absolute atomic E-state index is 0.0139. The van der Waals surface area contributed by atoms with Crippen LogP contribution in [0.1, 0.15) is 22.8 Å². The fourth-order valence-electron chi connectivity index (χ4n) is 2.51. The van der Waals surface area contributed by atoms with Gasteiger partial charge >= 0.3 is 5.63 Å². The molecule has 0 radical (unpaired) electrons. The Morgan fingerprint density at radius 2 is 2.00 bits per heavy atom. The number of nitriles is 1. The topological polar surface area (TPSA) is 89.2 Å². The van der Waals surface area contributed by atoms with E-state index in [2.05, 4.69) is 0 Å². The quantitative estimate of drug-likeness (QED) is 0.874. The van der Waals surface area contributed by atoms with Crippen LogP contribution in [-0.2, 0) is 0 Å². The molecule has 2 heterocycles. The van der Waals surface area contributed by atoms with Crippen molar-refractivity contribution in [1.82, 2.24) is 0 Å². The second kappa shape index (κ2) is 5.24. The van der Waals surface area contributed by atoms with Crippen LogP contribution in [-0.4, -0.2) is 0 Å². The third kappa shape index (κ3) is 2.24. The van der Waals surface area contributed by atoms with Gasteiger partial charge in [-0.3, -0.25) is 0 Å². The first-order valence-corrected chi connectivity index (χ1v) is 6.86. The summed E-state index contributed by atoms with van der Waals surface area (Å²) in [6.45, 7) is 1.64. The summed E-state index contributed by atoms with van der Waals surface area (Å²) in [5.41, 5.74) is 6.44. The van der Waals surface area contributed by atoms with E-state index < -0.39 is 11.5 Å². The van der Waals surface area contributed by atoms with E-state index in [-0.39, 0.29) is 17.0 Å². The Bertz CT molecular complexity index is 876. The third-order valence-corrected chi connectivity index (χ3v) is 3.71. The molecule has 0 saturated heterocycles. The van der Waals surface area contributed by atoms with Crippen molar-refractivity contribution >= 4 is 11.6 Å². The van der Waals surface area contributed by atoms with Crippen LogP contribution in [0.25, 0.3) is 0 Å². The molecular weight excluding hydrogens is 304 g/mol. The van der Waals surface area contributed by atoms with Crippen LogP contribution in [0.5, 0.6) is 5.75 Å². The van der Waals surface area contributed by atoms with Gasteiger partial charge in [0, 0.05) is 11.1 Å². The van der Waals surface area contributed by atoms with E-state index in [0.717, 1.165) is 0 Å². The normalized spacial score (nSPS) is 16.7. The van der Waals surface area contributed by atoms with E-state index in [0.29, 0.717) is 22.1 Å². The van der Waals surface area contributed by atoms with Gasteiger partial charge in [0.15, 0.2) is 0 Å². The molecule has 1 aromatic heterocycles. The van der Waals surface area contributed by atoms with Crippen molar-refractivity contribution in [3.05, 3.63) is 74.1 Å². The second-order valence-corrected chi connectivity index (χ2v) is 5.34. The number of aryl methyl sites for hydroxylation is 1. The van der Waals surface area contributed by atoms with Gasteiger partial charge in [-0.2, -0.15) is 5.26 Å². The molecule has 2 aromatic rings. The standard InChI is InChI=1S/C16H11ClN2O3/c1-8-6-12-14(16(20)21-8)13(11(7-18)15(19)22-12)9-2-4-10(17)5-3-9/h2-6,13H,19H2,1H3. The molecule has 1 aliphatic heterocycles. The van der Waals surface area contributed by atoms with Crippen molar-refractivity contribution in [2.24, 2.45) is 5.73 Å². The number of hydrogen-bond acceptors (Lipinski definition) is 5. The van der Waals surface area contributed by atoms with Crippen molar-refractivity contribution in [2.45, 2.75) is 12.8 Å². The summed E-state index contributed by atoms with van der Waals surface area (Å²) in [4.78, 5) is 12.3. The fraction of sp³-hybridized carbons (Fsp3) is 0.125. The molecule has 2 N–H and O–H groups in total. The van der Waals surface area contributed by atoms with Gasteiger partial charge < -0.3 is 14.9 Å². The smallest absolute Gasteiger partial charge is 0.343 e. The number of nitrogens with two attached hydrogens (primary N) is 1. The maximum absolute atomic E-state index is 12.3. The zero-order valence-corrected chi connectivity index (χ0v) is 12.3. The Kier molecular flexibility index (Phi) is 3.39. The van der Waals surface area contributed by atoms with E-state index in [4.69, 9.17) is 26.5 Å². The zero-order chi connectivity index (χ0) is 15.9. The van der Waals surface area contributed by atoms with Crippen LogP contribution < -0.4 is 16.1 Å². The van der Waals surface area contributed by atoms with E-state index >= 15 is 0 Å². The van der Waals surface area contributed by atoms with Gasteiger partial charge in [0.05, 0.1) is 11.5 Å². The molecule has 0 bridgehead atoms. The van der Waals surface area contributed by atoms with E-state index in [1.54, 1.807) is 37.3 Å². The molecule has 0 spiro atoms. The summed E-state index contributed by atoms with van der Waals surface area (Å²) in [6.07, 6.45) is 0. The van der Waals surface area contributed by atoms with Crippen molar-refractivity contribution in [2.75, 3.05) is 0 Å². The number of ether oxygens (including phenoxy) is 1. The SMILES string of the molecule is Cc1cc2c(c(=O)o1)C(c1ccc(Cl)cc1)C(C#N)=C(N)O2. The highest BCUT2D eigenvalue weighted by Gasteiger charge is 2.34. The number of nitrogens with zero attached hydrogens (tertiary/aromatic N) is 1. The predicted molar refractivity (Wildman–Crippen MR) is 80.5 cm³/mol. The van der Waals surface area contributed by atoms with Gasteiger partial charge in [-0.15, -0.1) is 0 Å². The maximum atomic E-state index is 12.3. The molecule has 0 saturated carbocycles. The van der Waals surface area contributed by atoms with Crippen molar-refractivity contribution < 1.29 is 9.15 Å². The molecular formula is C16H11ClN2O3. The summed E-state index contributed by atoms with van der Waals surface area (Å²) >= 11 is 5.90. The second-order valence-electron chi connectivity index (χ2n) is 4.90. The maximum Gasteiger partial charge on any atom is 0.343 e. The first kappa shape index (κ1) is 14.2. The largest absolute Gasteiger partial charge is 0.440 e. The van der Waals surface area contributed by atoms with Gasteiger partial charge in [-0.25, -0.2) is 4.79 Å². The van der Waals surface area contributed by atoms with Gasteiger partial charge in [0.2, 0.25) is 5.88 Å². The summed E-state index contributed by atoms with van der Waals surface area (Å²) in [6, 6.07) is 10.5. The molecule has 5 nitrogen and oxygen atoms in total. The van der Waals surface area contributed by atoms with Crippen LogP contribution >= 0.6 is 11.6 Å². The minimum atomic E-state index is -0.636. The lowest BCUT2D eigenvalue weighted by Crippen LogP contribution is -2.26. The summed E-state index contributed by atoms with van der Waals surface area (Å²) in [5, 5.41) is 9.95. The lowest BCUT2D eigenvalue weighted by atomic mass is 9.84. The van der Waals surface area contributed by atoms with Crippen molar-refractivity contribution in [3.8, 4) is 11.8 Å². The molecule has 1 unspecified atom stereocenters. The molecule has 3 rings (SSSR count). The molecule has 22 heavy (non-hydrogen) atoms. The first-order valence-electron chi connectivity index (χ1n) is 6.49. The van der Waals surface area contributed by atoms with E-state index in [1.165, 1.54) is 0 Å². The molecule has 6 heteroatoms. The summed E-state index contributed by atoms with van der Waals surface area (Å²) < 4.78 is 10.6. The number of benzene rings is 1. The molecule has 0 aliphatic carbocycles. The molecule has 1 aliphatic rings. The summed E-state index contributed by atoms with van der Waals surface area (Å²) in [5.74, 6) is 0.0693. The number of allylic oxidation sites excluding steroid dienone is 1. The van der Waals surface area contributed by atoms with Crippen LogP contribution in [0.15, 0.2) is 51.0 Å². The Morgan fingerprint density at radius 3 is 2.64 bits per heavy atom. The Hall–Kier alpha value is -2.71. The summed E-state index contributed by atoms with van der Waals surface area (Å²) in [7, 11) is 0. The molecule has 0 fully saturated rings. The Balaban J connectivity index is 2.29. The number of fused-ring (bicyclic) bond motifs is 1. The van der Waals surface area contributed by atoms with Crippen molar-refractivity contribution in [3.63, 3.8) is 0 Å². The predicted octanol–water partition coefficient (Wildman–Crippen LogP) is 2.82. The van der Waals surface area contributed by atoms with Crippen molar-refractivity contribution in [1.29, 1.82) is 5.26 Å². The van der Waals surface area contributed by atoms with E-state index in [9.17, 15) is 10.1 Å². The highest BCUT2D eigenvalue weighted by Crippen LogP contribution is 2.40. The van der Waals surface area contributed by atoms with Crippen LogP contribution in [0.4, 0.5) is 0 Å². The minimum Gasteiger partial charge on any atom is -0.440 e. The highest BCUT2D eigenvalue weighted by molar-refractivity contribution is 6.30. The highest BCUT2D eigenvalue weighted by atomic mass is 35.5. The molecule has 1 atom stereocenters. The van der Waals surface area contributed by atoms with E-state index in [1.807, 2.05) is 6.07 Å². The van der Waals surface area contributed by atoms with Gasteiger partial charge in [0.1, 0.15) is 23.2 Å². The fourth-order valence-corrected chi connectivity index (χ4v) is 2.63. The van der Waals surface area contributed by atoms with Crippen LogP contribution in [0.2, 0.25) is 5.02 Å². The monoisotopic (exact) mass is 314 g/mol. The lowest BCUT2D eigenvalue weighted by Gasteiger charge is -2.25. The molecule has 110 valence electrons. The first-order chi connectivity index (χ1) is 10.5. The molecule has 0 amide bonds. The average molecular weight is 315 g/mol. The number of rotatable bonds is 1. The Morgan fingerprint density at radius 1 is 1.32 bits per heavy atom. The molecule has 1 aromatic carbocycles. The van der Waals surface area contributed by atoms with Gasteiger partial charge in [-0.05, 0) is 24.6 Å². The zero-order valence-electron chi connectivity index (χ0n) is 11.6. The Labute approximate surface area is 131 Å². The van der Waals surface area contributed by atoms with Gasteiger partial charge in [0.25, 0.3) is 0 Å². The number of halogens is 1. The lowest BCUT2D eigenvalue weighted by molar-refractivity contribution is 0.371. The number of hydrogen-bond donors (Lipinski definition) is 1.